The minimum atomic E-state index is -0.411. The third-order valence-corrected chi connectivity index (χ3v) is 5.58. The number of imide groups is 1. The van der Waals surface area contributed by atoms with Crippen molar-refractivity contribution in [2.24, 2.45) is 0 Å². The molecule has 0 unspecified atom stereocenters. The number of carbonyl (C=O) groups is 2. The first-order valence-corrected chi connectivity index (χ1v) is 10.7. The summed E-state index contributed by atoms with van der Waals surface area (Å²) in [5.41, 5.74) is 3.34. The van der Waals surface area contributed by atoms with Crippen molar-refractivity contribution < 1.29 is 19.1 Å². The van der Waals surface area contributed by atoms with E-state index in [0.717, 1.165) is 5.69 Å². The van der Waals surface area contributed by atoms with Gasteiger partial charge in [0, 0.05) is 31.5 Å². The molecule has 0 atom stereocenters. The molecule has 0 fully saturated rings. The van der Waals surface area contributed by atoms with Gasteiger partial charge in [-0.1, -0.05) is 30.3 Å². The predicted octanol–water partition coefficient (Wildman–Crippen LogP) is 3.92. The average molecular weight is 441 g/mol. The van der Waals surface area contributed by atoms with Gasteiger partial charge >= 0.3 is 0 Å². The number of benzene rings is 3. The second-order valence-corrected chi connectivity index (χ2v) is 7.96. The largest absolute Gasteiger partial charge is 0.486 e. The van der Waals surface area contributed by atoms with Gasteiger partial charge in [0.25, 0.3) is 11.8 Å². The molecular formula is C26H23N3O4. The first-order valence-electron chi connectivity index (χ1n) is 10.7. The molecule has 0 radical (unpaired) electrons. The number of fused-ring (bicyclic) bond motifs is 1. The van der Waals surface area contributed by atoms with Gasteiger partial charge in [0.15, 0.2) is 11.5 Å². The Kier molecular flexibility index (Phi) is 5.22. The first kappa shape index (κ1) is 20.6. The molecule has 3 aromatic carbocycles. The summed E-state index contributed by atoms with van der Waals surface area (Å²) in [5, 5.41) is 3.17. The lowest BCUT2D eigenvalue weighted by molar-refractivity contribution is -0.120. The molecule has 33 heavy (non-hydrogen) atoms. The van der Waals surface area contributed by atoms with Gasteiger partial charge in [-0.3, -0.25) is 9.59 Å². The second-order valence-electron chi connectivity index (χ2n) is 7.96. The standard InChI is InChI=1S/C26H23N3O4/c1-28(2)19-9-11-20(12-10-19)29-25(30)23(17-6-4-3-5-7-17)24(26(29)31)27-18-8-13-21-22(16-18)33-15-14-32-21/h3-13,16,27H,14-15H2,1-2H3. The summed E-state index contributed by atoms with van der Waals surface area (Å²) in [7, 11) is 3.87. The Balaban J connectivity index is 1.54. The van der Waals surface area contributed by atoms with E-state index in [1.165, 1.54) is 4.90 Å². The van der Waals surface area contributed by atoms with Crippen molar-refractivity contribution >= 4 is 34.4 Å². The minimum Gasteiger partial charge on any atom is -0.486 e. The summed E-state index contributed by atoms with van der Waals surface area (Å²) in [4.78, 5) is 30.2. The van der Waals surface area contributed by atoms with E-state index in [9.17, 15) is 9.59 Å². The Labute approximate surface area is 191 Å². The van der Waals surface area contributed by atoms with Gasteiger partial charge < -0.3 is 19.7 Å². The number of hydrogen-bond donors (Lipinski definition) is 1. The van der Waals surface area contributed by atoms with Gasteiger partial charge in [-0.15, -0.1) is 0 Å². The van der Waals surface area contributed by atoms with Crippen LogP contribution in [0, 0.1) is 0 Å². The lowest BCUT2D eigenvalue weighted by Gasteiger charge is -2.19. The highest BCUT2D eigenvalue weighted by molar-refractivity contribution is 6.46. The van der Waals surface area contributed by atoms with Gasteiger partial charge in [0.05, 0.1) is 11.3 Å². The van der Waals surface area contributed by atoms with E-state index in [1.54, 1.807) is 30.3 Å². The van der Waals surface area contributed by atoms with E-state index in [4.69, 9.17) is 9.47 Å². The minimum absolute atomic E-state index is 0.222. The summed E-state index contributed by atoms with van der Waals surface area (Å²) in [6.07, 6.45) is 0. The molecule has 7 nitrogen and oxygen atoms in total. The van der Waals surface area contributed by atoms with Crippen molar-refractivity contribution in [2.75, 3.05) is 42.4 Å². The molecule has 2 amide bonds. The lowest BCUT2D eigenvalue weighted by Crippen LogP contribution is -2.32. The quantitative estimate of drug-likeness (QED) is 0.605. The third kappa shape index (κ3) is 3.78. The van der Waals surface area contributed by atoms with Crippen LogP contribution in [0.2, 0.25) is 0 Å². The van der Waals surface area contributed by atoms with Gasteiger partial charge in [-0.05, 0) is 42.0 Å². The molecule has 0 spiro atoms. The number of ether oxygens (including phenoxy) is 2. The lowest BCUT2D eigenvalue weighted by atomic mass is 10.0. The monoisotopic (exact) mass is 441 g/mol. The van der Waals surface area contributed by atoms with Gasteiger partial charge in [-0.2, -0.15) is 0 Å². The Bertz CT molecular complexity index is 1250. The van der Waals surface area contributed by atoms with Crippen LogP contribution in [0.1, 0.15) is 5.56 Å². The smallest absolute Gasteiger partial charge is 0.282 e. The summed E-state index contributed by atoms with van der Waals surface area (Å²) < 4.78 is 11.2. The fraction of sp³-hybridized carbons (Fsp3) is 0.154. The van der Waals surface area contributed by atoms with Crippen LogP contribution in [-0.2, 0) is 9.59 Å². The molecule has 0 saturated carbocycles. The molecule has 0 bridgehead atoms. The number of carbonyl (C=O) groups excluding carboxylic acids is 2. The SMILES string of the molecule is CN(C)c1ccc(N2C(=O)C(Nc3ccc4c(c3)OCCO4)=C(c3ccccc3)C2=O)cc1. The summed E-state index contributed by atoms with van der Waals surface area (Å²) in [5.74, 6) is 0.469. The maximum atomic E-state index is 13.5. The van der Waals surface area contributed by atoms with Crippen molar-refractivity contribution in [3.05, 3.63) is 84.1 Å². The Hall–Kier alpha value is -4.26. The summed E-state index contributed by atoms with van der Waals surface area (Å²) >= 11 is 0. The molecule has 2 aliphatic rings. The molecule has 2 aliphatic heterocycles. The number of rotatable bonds is 5. The van der Waals surface area contributed by atoms with E-state index in [1.807, 2.05) is 61.5 Å². The zero-order chi connectivity index (χ0) is 22.9. The Morgan fingerprint density at radius 2 is 1.52 bits per heavy atom. The highest BCUT2D eigenvalue weighted by Crippen LogP contribution is 2.37. The maximum absolute atomic E-state index is 13.5. The fourth-order valence-corrected chi connectivity index (χ4v) is 3.92. The van der Waals surface area contributed by atoms with Crippen molar-refractivity contribution in [1.82, 2.24) is 0 Å². The van der Waals surface area contributed by atoms with E-state index in [-0.39, 0.29) is 11.6 Å². The first-order chi connectivity index (χ1) is 16.0. The third-order valence-electron chi connectivity index (χ3n) is 5.58. The molecular weight excluding hydrogens is 418 g/mol. The van der Waals surface area contributed by atoms with Crippen molar-refractivity contribution in [3.63, 3.8) is 0 Å². The van der Waals surface area contributed by atoms with Crippen LogP contribution in [0.4, 0.5) is 17.1 Å². The van der Waals surface area contributed by atoms with Gasteiger partial charge in [-0.25, -0.2) is 4.90 Å². The van der Waals surface area contributed by atoms with Crippen LogP contribution in [0.3, 0.4) is 0 Å². The topological polar surface area (TPSA) is 71.1 Å². The van der Waals surface area contributed by atoms with E-state index >= 15 is 0 Å². The zero-order valence-electron chi connectivity index (χ0n) is 18.4. The molecule has 0 aliphatic carbocycles. The van der Waals surface area contributed by atoms with Crippen molar-refractivity contribution in [2.45, 2.75) is 0 Å². The number of amides is 2. The average Bonchev–Trinajstić information content (AvgIpc) is 3.08. The van der Waals surface area contributed by atoms with Crippen LogP contribution in [0.25, 0.3) is 5.57 Å². The molecule has 166 valence electrons. The van der Waals surface area contributed by atoms with Gasteiger partial charge in [0.1, 0.15) is 18.9 Å². The number of anilines is 3. The highest BCUT2D eigenvalue weighted by atomic mass is 16.6. The Morgan fingerprint density at radius 3 is 2.21 bits per heavy atom. The predicted molar refractivity (Wildman–Crippen MR) is 128 cm³/mol. The molecule has 1 N–H and O–H groups in total. The van der Waals surface area contributed by atoms with Gasteiger partial charge in [0.2, 0.25) is 0 Å². The fourth-order valence-electron chi connectivity index (χ4n) is 3.92. The van der Waals surface area contributed by atoms with Crippen LogP contribution < -0.4 is 24.6 Å². The zero-order valence-corrected chi connectivity index (χ0v) is 18.4. The highest BCUT2D eigenvalue weighted by Gasteiger charge is 2.40. The molecule has 0 aromatic heterocycles. The number of nitrogens with one attached hydrogen (secondary N) is 1. The van der Waals surface area contributed by atoms with E-state index < -0.39 is 5.91 Å². The maximum Gasteiger partial charge on any atom is 0.282 e. The number of nitrogens with zero attached hydrogens (tertiary/aromatic N) is 2. The molecule has 2 heterocycles. The molecule has 3 aromatic rings. The molecule has 5 rings (SSSR count). The summed E-state index contributed by atoms with van der Waals surface area (Å²) in [6, 6.07) is 21.9. The molecule has 0 saturated heterocycles. The van der Waals surface area contributed by atoms with Crippen LogP contribution >= 0.6 is 0 Å². The Morgan fingerprint density at radius 1 is 0.818 bits per heavy atom. The van der Waals surface area contributed by atoms with Crippen LogP contribution in [-0.4, -0.2) is 39.1 Å². The molecule has 7 heteroatoms. The summed E-state index contributed by atoms with van der Waals surface area (Å²) in [6.45, 7) is 0.959. The number of hydrogen-bond acceptors (Lipinski definition) is 6. The van der Waals surface area contributed by atoms with Crippen LogP contribution in [0.15, 0.2) is 78.5 Å². The normalized spacial score (nSPS) is 15.2. The van der Waals surface area contributed by atoms with E-state index in [0.29, 0.717) is 47.2 Å². The van der Waals surface area contributed by atoms with Crippen LogP contribution in [0.5, 0.6) is 11.5 Å². The van der Waals surface area contributed by atoms with Crippen molar-refractivity contribution in [1.29, 1.82) is 0 Å². The van der Waals surface area contributed by atoms with E-state index in [2.05, 4.69) is 5.32 Å². The van der Waals surface area contributed by atoms with Crippen molar-refractivity contribution in [3.8, 4) is 11.5 Å². The second kappa shape index (κ2) is 8.35.